The van der Waals surface area contributed by atoms with Crippen molar-refractivity contribution in [3.63, 3.8) is 0 Å². The summed E-state index contributed by atoms with van der Waals surface area (Å²) in [4.78, 5) is 0. The molecular weight excluding hydrogens is 142 g/mol. The molecule has 0 saturated heterocycles. The maximum atomic E-state index is 6.74. The van der Waals surface area contributed by atoms with Gasteiger partial charge in [-0.3, -0.25) is 0 Å². The molecule has 0 amide bonds. The molecule has 0 bridgehead atoms. The van der Waals surface area contributed by atoms with Crippen molar-refractivity contribution in [3.05, 3.63) is 12.7 Å². The van der Waals surface area contributed by atoms with Gasteiger partial charge in [0.25, 0.3) is 0 Å². The van der Waals surface area contributed by atoms with Gasteiger partial charge in [0.05, 0.1) is 19.3 Å². The molecule has 0 rings (SSSR count). The molecule has 64 valence electrons. The Labute approximate surface area is 67.5 Å². The predicted octanol–water partition coefficient (Wildman–Crippen LogP) is 1.24. The molecule has 3 nitrogen and oxygen atoms in total. The Kier molecular flexibility index (Phi) is 6.98. The molecule has 0 aromatic carbocycles. The fourth-order valence-corrected chi connectivity index (χ4v) is 0.740. The van der Waals surface area contributed by atoms with Crippen molar-refractivity contribution in [1.82, 2.24) is 0 Å². The Morgan fingerprint density at radius 3 is 2.82 bits per heavy atom. The lowest BCUT2D eigenvalue weighted by Crippen LogP contribution is -2.19. The molecule has 0 aliphatic carbocycles. The fraction of sp³-hybridized carbons (Fsp3) is 0.625. The van der Waals surface area contributed by atoms with Crippen LogP contribution in [0.1, 0.15) is 6.42 Å². The van der Waals surface area contributed by atoms with Crippen LogP contribution in [0.25, 0.3) is 0 Å². The van der Waals surface area contributed by atoms with Crippen molar-refractivity contribution in [1.29, 1.82) is 5.41 Å². The average Bonchev–Trinajstić information content (AvgIpc) is 2.01. The van der Waals surface area contributed by atoms with E-state index in [0.29, 0.717) is 13.2 Å². The maximum Gasteiger partial charge on any atom is 0.0847 e. The first-order valence-corrected chi connectivity index (χ1v) is 3.55. The molecule has 0 heterocycles. The maximum absolute atomic E-state index is 6.74. The van der Waals surface area contributed by atoms with Crippen LogP contribution in [0.15, 0.2) is 12.7 Å². The molecule has 1 atom stereocenters. The molecule has 0 spiro atoms. The van der Waals surface area contributed by atoms with E-state index in [-0.39, 0.29) is 6.10 Å². The van der Waals surface area contributed by atoms with Crippen LogP contribution in [0.5, 0.6) is 0 Å². The van der Waals surface area contributed by atoms with E-state index in [9.17, 15) is 0 Å². The first kappa shape index (κ1) is 10.3. The number of ether oxygens (including phenoxy) is 2. The van der Waals surface area contributed by atoms with Crippen LogP contribution in [0.2, 0.25) is 0 Å². The molecule has 0 saturated carbocycles. The van der Waals surface area contributed by atoms with Crippen molar-refractivity contribution in [2.45, 2.75) is 12.5 Å². The van der Waals surface area contributed by atoms with Crippen LogP contribution in [-0.4, -0.2) is 32.6 Å². The Hall–Kier alpha value is -0.670. The number of nitrogens with one attached hydrogen (secondary N) is 1. The Bertz CT molecular complexity index is 115. The summed E-state index contributed by atoms with van der Waals surface area (Å²) in [6, 6.07) is 0. The van der Waals surface area contributed by atoms with Crippen LogP contribution in [0.4, 0.5) is 0 Å². The summed E-state index contributed by atoms with van der Waals surface area (Å²) in [5.41, 5.74) is 0. The van der Waals surface area contributed by atoms with Gasteiger partial charge >= 0.3 is 0 Å². The van der Waals surface area contributed by atoms with E-state index in [0.717, 1.165) is 6.42 Å². The van der Waals surface area contributed by atoms with Gasteiger partial charge in [0.2, 0.25) is 0 Å². The summed E-state index contributed by atoms with van der Waals surface area (Å²) < 4.78 is 10.1. The van der Waals surface area contributed by atoms with Crippen LogP contribution >= 0.6 is 0 Å². The quantitative estimate of drug-likeness (QED) is 0.446. The molecule has 0 aliphatic heterocycles. The van der Waals surface area contributed by atoms with Crippen molar-refractivity contribution in [3.8, 4) is 0 Å². The zero-order valence-electron chi connectivity index (χ0n) is 6.88. The van der Waals surface area contributed by atoms with Gasteiger partial charge in [-0.2, -0.15) is 0 Å². The molecule has 0 aromatic rings. The molecule has 0 aliphatic rings. The van der Waals surface area contributed by atoms with Crippen LogP contribution < -0.4 is 0 Å². The molecule has 0 fully saturated rings. The number of rotatable bonds is 7. The second-order valence-electron chi connectivity index (χ2n) is 2.14. The number of hydrogen-bond acceptors (Lipinski definition) is 3. The van der Waals surface area contributed by atoms with Crippen molar-refractivity contribution in [2.24, 2.45) is 0 Å². The molecule has 1 N–H and O–H groups in total. The van der Waals surface area contributed by atoms with Gasteiger partial charge in [0.15, 0.2) is 0 Å². The Morgan fingerprint density at radius 2 is 2.36 bits per heavy atom. The van der Waals surface area contributed by atoms with Crippen molar-refractivity contribution < 1.29 is 9.47 Å². The van der Waals surface area contributed by atoms with E-state index < -0.39 is 0 Å². The molecule has 3 heteroatoms. The minimum Gasteiger partial charge on any atom is -0.382 e. The minimum absolute atomic E-state index is 0.0408. The smallest absolute Gasteiger partial charge is 0.0847 e. The number of hydrogen-bond donors (Lipinski definition) is 1. The molecule has 0 radical (unpaired) electrons. The lowest BCUT2D eigenvalue weighted by Gasteiger charge is -2.12. The highest BCUT2D eigenvalue weighted by molar-refractivity contribution is 5.54. The molecular formula is C8H15NO2. The summed E-state index contributed by atoms with van der Waals surface area (Å²) in [5, 5.41) is 6.74. The summed E-state index contributed by atoms with van der Waals surface area (Å²) in [6.07, 6.45) is 3.82. The van der Waals surface area contributed by atoms with E-state index in [1.165, 1.54) is 6.21 Å². The predicted molar refractivity (Wildman–Crippen MR) is 45.2 cm³/mol. The first-order valence-electron chi connectivity index (χ1n) is 3.55. The lowest BCUT2D eigenvalue weighted by molar-refractivity contribution is 0.0189. The lowest BCUT2D eigenvalue weighted by atomic mass is 10.2. The highest BCUT2D eigenvalue weighted by Crippen LogP contribution is 1.98. The van der Waals surface area contributed by atoms with E-state index in [1.54, 1.807) is 13.2 Å². The van der Waals surface area contributed by atoms with Crippen molar-refractivity contribution >= 4 is 6.21 Å². The second-order valence-corrected chi connectivity index (χ2v) is 2.14. The Balaban J connectivity index is 3.49. The third kappa shape index (κ3) is 5.76. The summed E-state index contributed by atoms with van der Waals surface area (Å²) >= 11 is 0. The average molecular weight is 157 g/mol. The normalized spacial score (nSPS) is 12.5. The molecule has 0 unspecified atom stereocenters. The van der Waals surface area contributed by atoms with E-state index in [2.05, 4.69) is 6.58 Å². The minimum atomic E-state index is 0.0408. The number of methoxy groups -OCH3 is 1. The zero-order chi connectivity index (χ0) is 8.53. The van der Waals surface area contributed by atoms with E-state index >= 15 is 0 Å². The topological polar surface area (TPSA) is 42.3 Å². The van der Waals surface area contributed by atoms with Gasteiger partial charge in [0, 0.05) is 13.3 Å². The van der Waals surface area contributed by atoms with Crippen LogP contribution in [0, 0.1) is 5.41 Å². The molecule has 0 aromatic heterocycles. The van der Waals surface area contributed by atoms with E-state index in [4.69, 9.17) is 14.9 Å². The van der Waals surface area contributed by atoms with Crippen LogP contribution in [-0.2, 0) is 9.47 Å². The van der Waals surface area contributed by atoms with Gasteiger partial charge in [-0.1, -0.05) is 6.08 Å². The van der Waals surface area contributed by atoms with Gasteiger partial charge in [-0.15, -0.1) is 6.58 Å². The first-order chi connectivity index (χ1) is 5.35. The highest BCUT2D eigenvalue weighted by Gasteiger charge is 2.04. The van der Waals surface area contributed by atoms with Crippen LogP contribution in [0.3, 0.4) is 0 Å². The van der Waals surface area contributed by atoms with E-state index in [1.807, 2.05) is 0 Å². The fourth-order valence-electron chi connectivity index (χ4n) is 0.740. The van der Waals surface area contributed by atoms with Crippen molar-refractivity contribution in [2.75, 3.05) is 20.3 Å². The molecule has 11 heavy (non-hydrogen) atoms. The monoisotopic (exact) mass is 157 g/mol. The van der Waals surface area contributed by atoms with Gasteiger partial charge in [-0.05, 0) is 6.42 Å². The largest absolute Gasteiger partial charge is 0.382 e. The van der Waals surface area contributed by atoms with Gasteiger partial charge < -0.3 is 14.9 Å². The highest BCUT2D eigenvalue weighted by atomic mass is 16.5. The third-order valence-corrected chi connectivity index (χ3v) is 1.20. The summed E-state index contributed by atoms with van der Waals surface area (Å²) in [5.74, 6) is 0. The summed E-state index contributed by atoms with van der Waals surface area (Å²) in [6.45, 7) is 4.50. The van der Waals surface area contributed by atoms with Gasteiger partial charge in [-0.25, -0.2) is 0 Å². The van der Waals surface area contributed by atoms with Gasteiger partial charge in [0.1, 0.15) is 0 Å². The second kappa shape index (κ2) is 7.44. The summed E-state index contributed by atoms with van der Waals surface area (Å²) in [7, 11) is 1.63. The zero-order valence-corrected chi connectivity index (χ0v) is 6.88. The Morgan fingerprint density at radius 1 is 1.64 bits per heavy atom. The third-order valence-electron chi connectivity index (χ3n) is 1.20. The standard InChI is InChI=1S/C8H15NO2/c1-3-4-8(7-10-2)11-6-5-9/h3,5,8-9H,1,4,6-7H2,2H3/t8-/m1/s1. The SMILES string of the molecule is C=CC[C@H](COC)OCC=N.